The maximum atomic E-state index is 11.8. The van der Waals surface area contributed by atoms with Crippen molar-refractivity contribution in [1.29, 1.82) is 0 Å². The quantitative estimate of drug-likeness (QED) is 0.945. The van der Waals surface area contributed by atoms with Gasteiger partial charge in [0.15, 0.2) is 0 Å². The molecule has 1 saturated heterocycles. The molecule has 114 valence electrons. The van der Waals surface area contributed by atoms with Crippen molar-refractivity contribution in [3.05, 3.63) is 54.1 Å². The normalized spacial score (nSPS) is 20.9. The molecule has 3 rings (SSSR count). The van der Waals surface area contributed by atoms with Gasteiger partial charge in [0, 0.05) is 13.6 Å². The number of nitrogens with one attached hydrogen (secondary N) is 1. The van der Waals surface area contributed by atoms with Gasteiger partial charge in [-0.1, -0.05) is 30.3 Å². The Morgan fingerprint density at radius 1 is 1.14 bits per heavy atom. The van der Waals surface area contributed by atoms with Gasteiger partial charge in [0.05, 0.1) is 12.6 Å². The number of amides is 2. The van der Waals surface area contributed by atoms with Gasteiger partial charge in [0.1, 0.15) is 5.75 Å². The minimum absolute atomic E-state index is 0.0331. The summed E-state index contributed by atoms with van der Waals surface area (Å²) in [6.45, 7) is 2.71. The number of nitrogens with zero attached hydrogens (tertiary/aromatic N) is 1. The van der Waals surface area contributed by atoms with Crippen LogP contribution in [0.15, 0.2) is 48.5 Å². The van der Waals surface area contributed by atoms with E-state index in [-0.39, 0.29) is 11.6 Å². The highest BCUT2D eigenvalue weighted by Gasteiger charge is 2.38. The van der Waals surface area contributed by atoms with Crippen LogP contribution in [0.5, 0.6) is 5.75 Å². The third-order valence-electron chi connectivity index (χ3n) is 4.19. The van der Waals surface area contributed by atoms with E-state index >= 15 is 0 Å². The fraction of sp³-hybridized carbons (Fsp3) is 0.278. The number of carbonyl (C=O) groups excluding carboxylic acids is 1. The number of ether oxygens (including phenoxy) is 1. The first kappa shape index (κ1) is 14.4. The molecule has 1 heterocycles. The van der Waals surface area contributed by atoms with Crippen LogP contribution in [0.3, 0.4) is 0 Å². The highest BCUT2D eigenvalue weighted by atomic mass is 16.5. The average Bonchev–Trinajstić information content (AvgIpc) is 2.81. The van der Waals surface area contributed by atoms with Crippen LogP contribution in [0.25, 0.3) is 11.1 Å². The van der Waals surface area contributed by atoms with Gasteiger partial charge in [-0.05, 0) is 41.8 Å². The third-order valence-corrected chi connectivity index (χ3v) is 4.19. The third kappa shape index (κ3) is 2.52. The van der Waals surface area contributed by atoms with E-state index in [1.807, 2.05) is 31.3 Å². The lowest BCUT2D eigenvalue weighted by molar-refractivity contribution is 0.226. The van der Waals surface area contributed by atoms with Crippen molar-refractivity contribution in [3.63, 3.8) is 0 Å². The summed E-state index contributed by atoms with van der Waals surface area (Å²) >= 11 is 0. The van der Waals surface area contributed by atoms with E-state index in [9.17, 15) is 4.79 Å². The lowest BCUT2D eigenvalue weighted by Crippen LogP contribution is -2.37. The standard InChI is InChI=1S/C18H20N2O2/c1-18(12-20(2)17(21)19-18)15-8-4-6-13(10-15)14-7-5-9-16(11-14)22-3/h4-11H,12H2,1-3H3,(H,19,21). The number of likely N-dealkylation sites (N-methyl/N-ethyl adjacent to an activating group) is 1. The molecule has 4 nitrogen and oxygen atoms in total. The zero-order chi connectivity index (χ0) is 15.7. The first-order valence-electron chi connectivity index (χ1n) is 7.30. The van der Waals surface area contributed by atoms with Gasteiger partial charge >= 0.3 is 6.03 Å². The van der Waals surface area contributed by atoms with Gasteiger partial charge in [0.25, 0.3) is 0 Å². The largest absolute Gasteiger partial charge is 0.497 e. The molecule has 0 aromatic heterocycles. The fourth-order valence-corrected chi connectivity index (χ4v) is 2.93. The summed E-state index contributed by atoms with van der Waals surface area (Å²) in [5.41, 5.74) is 2.95. The minimum atomic E-state index is -0.360. The van der Waals surface area contributed by atoms with Crippen LogP contribution in [0.1, 0.15) is 12.5 Å². The highest BCUT2D eigenvalue weighted by Crippen LogP contribution is 2.31. The summed E-state index contributed by atoms with van der Waals surface area (Å²) < 4.78 is 5.29. The van der Waals surface area contributed by atoms with Crippen molar-refractivity contribution in [2.45, 2.75) is 12.5 Å². The Morgan fingerprint density at radius 3 is 2.45 bits per heavy atom. The summed E-state index contributed by atoms with van der Waals surface area (Å²) in [6.07, 6.45) is 0. The number of carbonyl (C=O) groups is 1. The van der Waals surface area contributed by atoms with Crippen molar-refractivity contribution >= 4 is 6.03 Å². The molecular weight excluding hydrogens is 276 g/mol. The monoisotopic (exact) mass is 296 g/mol. The molecule has 4 heteroatoms. The summed E-state index contributed by atoms with van der Waals surface area (Å²) in [5.74, 6) is 0.836. The van der Waals surface area contributed by atoms with Crippen molar-refractivity contribution in [2.24, 2.45) is 0 Å². The minimum Gasteiger partial charge on any atom is -0.497 e. The van der Waals surface area contributed by atoms with E-state index in [1.54, 1.807) is 12.0 Å². The lowest BCUT2D eigenvalue weighted by atomic mass is 9.90. The predicted octanol–water partition coefficient (Wildman–Crippen LogP) is 3.23. The smallest absolute Gasteiger partial charge is 0.317 e. The van der Waals surface area contributed by atoms with E-state index in [4.69, 9.17) is 4.74 Å². The van der Waals surface area contributed by atoms with Crippen LogP contribution in [-0.2, 0) is 5.54 Å². The summed E-state index contributed by atoms with van der Waals surface area (Å²) in [4.78, 5) is 13.5. The molecule has 1 aliphatic heterocycles. The summed E-state index contributed by atoms with van der Waals surface area (Å²) in [5, 5.41) is 3.06. The average molecular weight is 296 g/mol. The molecule has 1 N–H and O–H groups in total. The van der Waals surface area contributed by atoms with E-state index in [0.717, 1.165) is 22.4 Å². The Labute approximate surface area is 130 Å². The Bertz CT molecular complexity index is 714. The van der Waals surface area contributed by atoms with Crippen LogP contribution in [0, 0.1) is 0 Å². The second-order valence-electron chi connectivity index (χ2n) is 5.93. The number of urea groups is 1. The maximum absolute atomic E-state index is 11.8. The van der Waals surface area contributed by atoms with Gasteiger partial charge in [-0.2, -0.15) is 0 Å². The molecule has 22 heavy (non-hydrogen) atoms. The van der Waals surface area contributed by atoms with E-state index < -0.39 is 0 Å². The summed E-state index contributed by atoms with van der Waals surface area (Å²) in [7, 11) is 3.48. The second-order valence-corrected chi connectivity index (χ2v) is 5.93. The fourth-order valence-electron chi connectivity index (χ4n) is 2.93. The number of hydrogen-bond donors (Lipinski definition) is 1. The van der Waals surface area contributed by atoms with Gasteiger partial charge < -0.3 is 15.0 Å². The molecule has 2 aromatic rings. The molecule has 1 aliphatic rings. The van der Waals surface area contributed by atoms with Gasteiger partial charge in [0.2, 0.25) is 0 Å². The lowest BCUT2D eigenvalue weighted by Gasteiger charge is -2.24. The maximum Gasteiger partial charge on any atom is 0.317 e. The molecule has 1 fully saturated rings. The van der Waals surface area contributed by atoms with Crippen LogP contribution >= 0.6 is 0 Å². The molecule has 0 radical (unpaired) electrons. The van der Waals surface area contributed by atoms with Crippen molar-refractivity contribution < 1.29 is 9.53 Å². The molecule has 0 saturated carbocycles. The molecule has 0 spiro atoms. The second kappa shape index (κ2) is 5.37. The number of hydrogen-bond acceptors (Lipinski definition) is 2. The molecule has 1 unspecified atom stereocenters. The highest BCUT2D eigenvalue weighted by molar-refractivity contribution is 5.78. The first-order chi connectivity index (χ1) is 10.5. The van der Waals surface area contributed by atoms with Crippen molar-refractivity contribution in [1.82, 2.24) is 10.2 Å². The predicted molar refractivity (Wildman–Crippen MR) is 86.9 cm³/mol. The zero-order valence-electron chi connectivity index (χ0n) is 13.1. The zero-order valence-corrected chi connectivity index (χ0v) is 13.1. The molecular formula is C18H20N2O2. The number of benzene rings is 2. The SMILES string of the molecule is COc1cccc(-c2cccc(C3(C)CN(C)C(=O)N3)c2)c1. The van der Waals surface area contributed by atoms with Gasteiger partial charge in [-0.15, -0.1) is 0 Å². The Hall–Kier alpha value is -2.49. The molecule has 2 amide bonds. The first-order valence-corrected chi connectivity index (χ1v) is 7.30. The molecule has 0 aliphatic carbocycles. The topological polar surface area (TPSA) is 41.6 Å². The van der Waals surface area contributed by atoms with E-state index in [2.05, 4.69) is 36.5 Å². The molecule has 2 aromatic carbocycles. The van der Waals surface area contributed by atoms with Gasteiger partial charge in [-0.25, -0.2) is 4.79 Å². The van der Waals surface area contributed by atoms with Crippen molar-refractivity contribution in [3.8, 4) is 16.9 Å². The summed E-state index contributed by atoms with van der Waals surface area (Å²) in [6, 6.07) is 16.2. The van der Waals surface area contributed by atoms with E-state index in [1.165, 1.54) is 0 Å². The van der Waals surface area contributed by atoms with Gasteiger partial charge in [-0.3, -0.25) is 0 Å². The van der Waals surface area contributed by atoms with Crippen molar-refractivity contribution in [2.75, 3.05) is 20.7 Å². The van der Waals surface area contributed by atoms with Crippen LogP contribution in [0.4, 0.5) is 4.79 Å². The van der Waals surface area contributed by atoms with Crippen LogP contribution in [-0.4, -0.2) is 31.6 Å². The Kier molecular flexibility index (Phi) is 3.53. The Morgan fingerprint density at radius 2 is 1.82 bits per heavy atom. The number of rotatable bonds is 3. The van der Waals surface area contributed by atoms with Crippen LogP contribution < -0.4 is 10.1 Å². The molecule has 1 atom stereocenters. The number of methoxy groups -OCH3 is 1. The van der Waals surface area contributed by atoms with E-state index in [0.29, 0.717) is 6.54 Å². The Balaban J connectivity index is 1.98. The van der Waals surface area contributed by atoms with Crippen LogP contribution in [0.2, 0.25) is 0 Å². The molecule has 0 bridgehead atoms.